The Morgan fingerprint density at radius 2 is 1.30 bits per heavy atom. The van der Waals surface area contributed by atoms with Crippen LogP contribution in [0.1, 0.15) is 22.6 Å². The van der Waals surface area contributed by atoms with Crippen molar-refractivity contribution < 1.29 is 15.1 Å². The molecule has 8 heteroatoms. The first-order valence-corrected chi connectivity index (χ1v) is 11.0. The molecule has 3 aromatic carbocycles. The fourth-order valence-corrected chi connectivity index (χ4v) is 4.04. The van der Waals surface area contributed by atoms with Crippen LogP contribution in [0, 0.1) is 10.1 Å². The molecule has 0 aliphatic heterocycles. The maximum absolute atomic E-state index is 11.4. The van der Waals surface area contributed by atoms with Crippen LogP contribution in [-0.2, 0) is 0 Å². The zero-order chi connectivity index (χ0) is 24.0. The standard InChI is InChI=1S/C25H28ClN3O4/c1-27(13-15-30)20-7-3-18(4-8-20)25(23-17-22(29(32)33)11-12-24(23)26)19-5-9-21(10-6-19)28(2)14-16-31/h3-12,17,25,30-31H,13-16H2,1-2H3. The van der Waals surface area contributed by atoms with E-state index in [4.69, 9.17) is 11.6 Å². The van der Waals surface area contributed by atoms with Gasteiger partial charge < -0.3 is 20.0 Å². The summed E-state index contributed by atoms with van der Waals surface area (Å²) in [6, 6.07) is 20.3. The molecule has 7 nitrogen and oxygen atoms in total. The summed E-state index contributed by atoms with van der Waals surface area (Å²) < 4.78 is 0. The third-order valence-electron chi connectivity index (χ3n) is 5.71. The van der Waals surface area contributed by atoms with Crippen molar-refractivity contribution >= 4 is 28.7 Å². The van der Waals surface area contributed by atoms with Gasteiger partial charge in [0.2, 0.25) is 0 Å². The summed E-state index contributed by atoms with van der Waals surface area (Å²) in [5.41, 5.74) is 4.43. The quantitative estimate of drug-likeness (QED) is 0.261. The summed E-state index contributed by atoms with van der Waals surface area (Å²) in [6.07, 6.45) is 0. The van der Waals surface area contributed by atoms with Gasteiger partial charge in [-0.2, -0.15) is 0 Å². The van der Waals surface area contributed by atoms with Gasteiger partial charge in [0.1, 0.15) is 0 Å². The molecule has 0 atom stereocenters. The smallest absolute Gasteiger partial charge is 0.269 e. The summed E-state index contributed by atoms with van der Waals surface area (Å²) in [5.74, 6) is -0.313. The first kappa shape index (κ1) is 24.5. The summed E-state index contributed by atoms with van der Waals surface area (Å²) >= 11 is 6.55. The van der Waals surface area contributed by atoms with Crippen molar-refractivity contribution in [1.29, 1.82) is 0 Å². The van der Waals surface area contributed by atoms with Gasteiger partial charge in [-0.15, -0.1) is 0 Å². The van der Waals surface area contributed by atoms with E-state index < -0.39 is 4.92 Å². The number of hydrogen-bond donors (Lipinski definition) is 2. The number of aliphatic hydroxyl groups is 2. The van der Waals surface area contributed by atoms with Gasteiger partial charge in [-0.05, 0) is 47.0 Å². The first-order valence-electron chi connectivity index (χ1n) is 10.6. The number of anilines is 2. The molecule has 0 radical (unpaired) electrons. The topological polar surface area (TPSA) is 90.1 Å². The average molecular weight is 470 g/mol. The van der Waals surface area contributed by atoms with E-state index in [1.54, 1.807) is 6.07 Å². The highest BCUT2D eigenvalue weighted by Gasteiger charge is 2.22. The Morgan fingerprint density at radius 3 is 1.70 bits per heavy atom. The Morgan fingerprint density at radius 1 is 0.848 bits per heavy atom. The van der Waals surface area contributed by atoms with E-state index in [1.807, 2.05) is 72.4 Å². The number of likely N-dealkylation sites (N-methyl/N-ethyl adjacent to an activating group) is 2. The van der Waals surface area contributed by atoms with Crippen LogP contribution >= 0.6 is 11.6 Å². The first-order chi connectivity index (χ1) is 15.8. The molecule has 33 heavy (non-hydrogen) atoms. The predicted octanol–water partition coefficient (Wildman–Crippen LogP) is 4.29. The normalized spacial score (nSPS) is 11.0. The van der Waals surface area contributed by atoms with Crippen molar-refractivity contribution in [2.24, 2.45) is 0 Å². The van der Waals surface area contributed by atoms with Gasteiger partial charge in [0.25, 0.3) is 5.69 Å². The van der Waals surface area contributed by atoms with Crippen LogP contribution in [0.4, 0.5) is 17.1 Å². The molecular weight excluding hydrogens is 442 g/mol. The highest BCUT2D eigenvalue weighted by molar-refractivity contribution is 6.31. The zero-order valence-electron chi connectivity index (χ0n) is 18.7. The van der Waals surface area contributed by atoms with Crippen molar-refractivity contribution in [2.45, 2.75) is 5.92 Å². The predicted molar refractivity (Wildman–Crippen MR) is 133 cm³/mol. The van der Waals surface area contributed by atoms with Crippen molar-refractivity contribution in [3.05, 3.63) is 98.6 Å². The van der Waals surface area contributed by atoms with Gasteiger partial charge in [0.05, 0.1) is 18.1 Å². The number of benzene rings is 3. The third-order valence-corrected chi connectivity index (χ3v) is 6.05. The van der Waals surface area contributed by atoms with E-state index in [2.05, 4.69) is 0 Å². The van der Waals surface area contributed by atoms with E-state index in [1.165, 1.54) is 12.1 Å². The molecule has 0 saturated heterocycles. The van der Waals surface area contributed by atoms with E-state index in [9.17, 15) is 20.3 Å². The summed E-state index contributed by atoms with van der Waals surface area (Å²) in [7, 11) is 3.81. The fourth-order valence-electron chi connectivity index (χ4n) is 3.82. The van der Waals surface area contributed by atoms with Crippen LogP contribution in [0.25, 0.3) is 0 Å². The lowest BCUT2D eigenvalue weighted by atomic mass is 9.84. The van der Waals surface area contributed by atoms with Crippen LogP contribution in [0.5, 0.6) is 0 Å². The molecule has 0 heterocycles. The fraction of sp³-hybridized carbons (Fsp3) is 0.280. The Balaban J connectivity index is 2.08. The second kappa shape index (κ2) is 11.1. The molecule has 0 aliphatic rings. The molecule has 0 aromatic heterocycles. The second-order valence-corrected chi connectivity index (χ2v) is 8.28. The number of hydrogen-bond acceptors (Lipinski definition) is 6. The highest BCUT2D eigenvalue weighted by Crippen LogP contribution is 2.38. The number of non-ortho nitro benzene ring substituents is 1. The van der Waals surface area contributed by atoms with Crippen molar-refractivity contribution in [3.63, 3.8) is 0 Å². The van der Waals surface area contributed by atoms with Crippen molar-refractivity contribution in [2.75, 3.05) is 50.2 Å². The maximum Gasteiger partial charge on any atom is 0.269 e. The molecule has 3 aromatic rings. The second-order valence-electron chi connectivity index (χ2n) is 7.87. The van der Waals surface area contributed by atoms with Crippen LogP contribution in [0.2, 0.25) is 5.02 Å². The number of nitrogens with zero attached hydrogens (tertiary/aromatic N) is 3. The van der Waals surface area contributed by atoms with E-state index in [0.29, 0.717) is 23.7 Å². The lowest BCUT2D eigenvalue weighted by molar-refractivity contribution is -0.384. The summed E-state index contributed by atoms with van der Waals surface area (Å²) in [5, 5.41) is 30.3. The van der Waals surface area contributed by atoms with Crippen molar-refractivity contribution in [1.82, 2.24) is 0 Å². The largest absolute Gasteiger partial charge is 0.395 e. The van der Waals surface area contributed by atoms with Gasteiger partial charge >= 0.3 is 0 Å². The minimum Gasteiger partial charge on any atom is -0.395 e. The minimum atomic E-state index is -0.420. The Hall–Kier alpha value is -3.13. The van der Waals surface area contributed by atoms with Gasteiger partial charge in [0.15, 0.2) is 0 Å². The number of aliphatic hydroxyl groups excluding tert-OH is 2. The number of halogens is 1. The maximum atomic E-state index is 11.4. The molecule has 0 spiro atoms. The molecule has 0 unspecified atom stereocenters. The monoisotopic (exact) mass is 469 g/mol. The Bertz CT molecular complexity index is 1020. The van der Waals surface area contributed by atoms with Crippen LogP contribution in [-0.4, -0.2) is 55.5 Å². The molecule has 3 rings (SSSR count). The molecule has 0 bridgehead atoms. The summed E-state index contributed by atoms with van der Waals surface area (Å²) in [4.78, 5) is 14.9. The van der Waals surface area contributed by atoms with Gasteiger partial charge in [0, 0.05) is 61.6 Å². The molecule has 0 amide bonds. The zero-order valence-corrected chi connectivity index (χ0v) is 19.4. The molecule has 0 saturated carbocycles. The van der Waals surface area contributed by atoms with Gasteiger partial charge in [-0.1, -0.05) is 35.9 Å². The highest BCUT2D eigenvalue weighted by atomic mass is 35.5. The third kappa shape index (κ3) is 5.82. The van der Waals surface area contributed by atoms with Gasteiger partial charge in [-0.25, -0.2) is 0 Å². The lowest BCUT2D eigenvalue weighted by Gasteiger charge is -2.23. The Kier molecular flexibility index (Phi) is 8.27. The van der Waals surface area contributed by atoms with E-state index in [0.717, 1.165) is 22.5 Å². The van der Waals surface area contributed by atoms with Gasteiger partial charge in [-0.3, -0.25) is 10.1 Å². The minimum absolute atomic E-state index is 0.0157. The SMILES string of the molecule is CN(CCO)c1ccc(C(c2ccc(N(C)CCO)cc2)c2cc([N+](=O)[O-])ccc2Cl)cc1. The Labute approximate surface area is 198 Å². The molecule has 0 fully saturated rings. The van der Waals surface area contributed by atoms with Crippen LogP contribution < -0.4 is 9.80 Å². The van der Waals surface area contributed by atoms with E-state index >= 15 is 0 Å². The molecular formula is C25H28ClN3O4. The van der Waals surface area contributed by atoms with Crippen LogP contribution in [0.3, 0.4) is 0 Å². The molecule has 0 aliphatic carbocycles. The molecule has 174 valence electrons. The van der Waals surface area contributed by atoms with Crippen LogP contribution in [0.15, 0.2) is 66.7 Å². The van der Waals surface area contributed by atoms with Crippen molar-refractivity contribution in [3.8, 4) is 0 Å². The number of rotatable bonds is 10. The average Bonchev–Trinajstić information content (AvgIpc) is 2.81. The van der Waals surface area contributed by atoms with E-state index in [-0.39, 0.29) is 24.8 Å². The number of nitro benzene ring substituents is 1. The molecule has 2 N–H and O–H groups in total. The summed E-state index contributed by atoms with van der Waals surface area (Å²) in [6.45, 7) is 1.15. The lowest BCUT2D eigenvalue weighted by Crippen LogP contribution is -2.21. The number of nitro groups is 1.